The van der Waals surface area contributed by atoms with Crippen LogP contribution in [0.2, 0.25) is 0 Å². The standard InChI is InChI=1S/C16H26N2O/c1-12(2)18(11-15-5-4-10-17-15)13(3)14-6-8-16(19)9-7-14/h6-9,12-13,15,17,19H,4-5,10-11H2,1-3H3. The fourth-order valence-electron chi connectivity index (χ4n) is 2.93. The average Bonchev–Trinajstić information content (AvgIpc) is 2.88. The zero-order chi connectivity index (χ0) is 13.8. The minimum atomic E-state index is 0.338. The second kappa shape index (κ2) is 6.40. The van der Waals surface area contributed by atoms with Gasteiger partial charge in [0.25, 0.3) is 0 Å². The van der Waals surface area contributed by atoms with Gasteiger partial charge in [0.05, 0.1) is 0 Å². The summed E-state index contributed by atoms with van der Waals surface area (Å²) in [5.41, 5.74) is 1.27. The molecule has 0 radical (unpaired) electrons. The fourth-order valence-corrected chi connectivity index (χ4v) is 2.93. The Hall–Kier alpha value is -1.06. The topological polar surface area (TPSA) is 35.5 Å². The number of hydrogen-bond donors (Lipinski definition) is 2. The van der Waals surface area contributed by atoms with E-state index in [-0.39, 0.29) is 0 Å². The molecule has 1 aliphatic rings. The molecule has 0 aromatic heterocycles. The van der Waals surface area contributed by atoms with E-state index in [1.54, 1.807) is 12.1 Å². The zero-order valence-corrected chi connectivity index (χ0v) is 12.3. The molecular weight excluding hydrogens is 236 g/mol. The largest absolute Gasteiger partial charge is 0.508 e. The van der Waals surface area contributed by atoms with Gasteiger partial charge in [-0.1, -0.05) is 12.1 Å². The molecule has 2 rings (SSSR count). The molecule has 0 saturated carbocycles. The molecule has 1 aromatic carbocycles. The third-order valence-corrected chi connectivity index (χ3v) is 4.13. The van der Waals surface area contributed by atoms with E-state index in [0.29, 0.717) is 23.9 Å². The Kier molecular flexibility index (Phi) is 4.83. The van der Waals surface area contributed by atoms with Crippen LogP contribution in [-0.2, 0) is 0 Å². The summed E-state index contributed by atoms with van der Waals surface area (Å²) in [6, 6.07) is 9.13. The van der Waals surface area contributed by atoms with Crippen molar-refractivity contribution in [1.82, 2.24) is 10.2 Å². The van der Waals surface area contributed by atoms with Crippen molar-refractivity contribution in [1.29, 1.82) is 0 Å². The van der Waals surface area contributed by atoms with E-state index in [4.69, 9.17) is 0 Å². The number of nitrogens with one attached hydrogen (secondary N) is 1. The molecule has 19 heavy (non-hydrogen) atoms. The SMILES string of the molecule is CC(C)N(CC1CCCN1)C(C)c1ccc(O)cc1. The summed E-state index contributed by atoms with van der Waals surface area (Å²) in [6.07, 6.45) is 2.58. The highest BCUT2D eigenvalue weighted by molar-refractivity contribution is 5.27. The molecule has 2 unspecified atom stereocenters. The van der Waals surface area contributed by atoms with Crippen LogP contribution < -0.4 is 5.32 Å². The maximum Gasteiger partial charge on any atom is 0.115 e. The first-order valence-corrected chi connectivity index (χ1v) is 7.36. The minimum Gasteiger partial charge on any atom is -0.508 e. The van der Waals surface area contributed by atoms with Gasteiger partial charge in [0.2, 0.25) is 0 Å². The van der Waals surface area contributed by atoms with Crippen molar-refractivity contribution in [3.63, 3.8) is 0 Å². The van der Waals surface area contributed by atoms with Crippen LogP contribution in [0.4, 0.5) is 0 Å². The van der Waals surface area contributed by atoms with Gasteiger partial charge in [-0.3, -0.25) is 4.90 Å². The Morgan fingerprint density at radius 1 is 1.26 bits per heavy atom. The van der Waals surface area contributed by atoms with Gasteiger partial charge in [-0.05, 0) is 57.9 Å². The van der Waals surface area contributed by atoms with E-state index in [0.717, 1.165) is 13.1 Å². The Bertz CT molecular complexity index is 382. The Morgan fingerprint density at radius 3 is 2.47 bits per heavy atom. The predicted octanol–water partition coefficient (Wildman–Crippen LogP) is 2.92. The predicted molar refractivity (Wildman–Crippen MR) is 79.4 cm³/mol. The molecule has 106 valence electrons. The zero-order valence-electron chi connectivity index (χ0n) is 12.3. The lowest BCUT2D eigenvalue weighted by Crippen LogP contribution is -2.42. The molecular formula is C16H26N2O. The van der Waals surface area contributed by atoms with Gasteiger partial charge in [-0.15, -0.1) is 0 Å². The molecule has 2 atom stereocenters. The number of nitrogens with zero attached hydrogens (tertiary/aromatic N) is 1. The Morgan fingerprint density at radius 2 is 1.95 bits per heavy atom. The molecule has 1 saturated heterocycles. The van der Waals surface area contributed by atoms with Crippen molar-refractivity contribution < 1.29 is 5.11 Å². The van der Waals surface area contributed by atoms with Crippen LogP contribution in [0.15, 0.2) is 24.3 Å². The number of aromatic hydroxyl groups is 1. The summed E-state index contributed by atoms with van der Waals surface area (Å²) in [6.45, 7) is 9.02. The molecule has 3 nitrogen and oxygen atoms in total. The lowest BCUT2D eigenvalue weighted by atomic mass is 10.0. The molecule has 1 aromatic rings. The van der Waals surface area contributed by atoms with Gasteiger partial charge in [-0.2, -0.15) is 0 Å². The van der Waals surface area contributed by atoms with Crippen LogP contribution in [0.5, 0.6) is 5.75 Å². The first-order chi connectivity index (χ1) is 9.08. The average molecular weight is 262 g/mol. The molecule has 0 aliphatic carbocycles. The third-order valence-electron chi connectivity index (χ3n) is 4.13. The third kappa shape index (κ3) is 3.71. The lowest BCUT2D eigenvalue weighted by Gasteiger charge is -2.35. The number of hydrogen-bond acceptors (Lipinski definition) is 3. The van der Waals surface area contributed by atoms with Gasteiger partial charge in [-0.25, -0.2) is 0 Å². The lowest BCUT2D eigenvalue weighted by molar-refractivity contribution is 0.149. The summed E-state index contributed by atoms with van der Waals surface area (Å²) in [7, 11) is 0. The van der Waals surface area contributed by atoms with Crippen LogP contribution in [0.3, 0.4) is 0 Å². The van der Waals surface area contributed by atoms with E-state index in [2.05, 4.69) is 31.0 Å². The molecule has 1 heterocycles. The van der Waals surface area contributed by atoms with Crippen molar-refractivity contribution in [2.75, 3.05) is 13.1 Å². The quantitative estimate of drug-likeness (QED) is 0.856. The highest BCUT2D eigenvalue weighted by Crippen LogP contribution is 2.25. The number of benzene rings is 1. The van der Waals surface area contributed by atoms with E-state index < -0.39 is 0 Å². The second-order valence-electron chi connectivity index (χ2n) is 5.85. The van der Waals surface area contributed by atoms with Crippen molar-refractivity contribution in [3.8, 4) is 5.75 Å². The van der Waals surface area contributed by atoms with E-state index in [9.17, 15) is 5.11 Å². The maximum atomic E-state index is 9.39. The molecule has 0 bridgehead atoms. The van der Waals surface area contributed by atoms with Gasteiger partial charge in [0.1, 0.15) is 5.75 Å². The van der Waals surface area contributed by atoms with Crippen molar-refractivity contribution in [2.45, 2.75) is 51.7 Å². The van der Waals surface area contributed by atoms with Gasteiger partial charge >= 0.3 is 0 Å². The highest BCUT2D eigenvalue weighted by atomic mass is 16.3. The number of phenols is 1. The minimum absolute atomic E-state index is 0.338. The monoisotopic (exact) mass is 262 g/mol. The maximum absolute atomic E-state index is 9.39. The first-order valence-electron chi connectivity index (χ1n) is 7.36. The van der Waals surface area contributed by atoms with Crippen molar-refractivity contribution >= 4 is 0 Å². The summed E-state index contributed by atoms with van der Waals surface area (Å²) in [4.78, 5) is 2.54. The Labute approximate surface area is 116 Å². The smallest absolute Gasteiger partial charge is 0.115 e. The molecule has 0 amide bonds. The van der Waals surface area contributed by atoms with Crippen molar-refractivity contribution in [2.24, 2.45) is 0 Å². The Balaban J connectivity index is 2.06. The number of rotatable bonds is 5. The normalized spacial score (nSPS) is 21.2. The van der Waals surface area contributed by atoms with E-state index in [1.165, 1.54) is 18.4 Å². The fraction of sp³-hybridized carbons (Fsp3) is 0.625. The summed E-state index contributed by atoms with van der Waals surface area (Å²) < 4.78 is 0. The highest BCUT2D eigenvalue weighted by Gasteiger charge is 2.24. The summed E-state index contributed by atoms with van der Waals surface area (Å²) in [5, 5.41) is 13.0. The summed E-state index contributed by atoms with van der Waals surface area (Å²) >= 11 is 0. The van der Waals surface area contributed by atoms with Crippen LogP contribution >= 0.6 is 0 Å². The van der Waals surface area contributed by atoms with Gasteiger partial charge in [0.15, 0.2) is 0 Å². The first kappa shape index (κ1) is 14.4. The molecule has 0 spiro atoms. The van der Waals surface area contributed by atoms with Crippen LogP contribution in [-0.4, -0.2) is 35.2 Å². The van der Waals surface area contributed by atoms with E-state index >= 15 is 0 Å². The van der Waals surface area contributed by atoms with E-state index in [1.807, 2.05) is 12.1 Å². The van der Waals surface area contributed by atoms with Gasteiger partial charge in [0, 0.05) is 24.7 Å². The van der Waals surface area contributed by atoms with Crippen LogP contribution in [0.1, 0.15) is 45.2 Å². The van der Waals surface area contributed by atoms with Gasteiger partial charge < -0.3 is 10.4 Å². The molecule has 1 aliphatic heterocycles. The second-order valence-corrected chi connectivity index (χ2v) is 5.85. The number of phenolic OH excluding ortho intramolecular Hbond substituents is 1. The van der Waals surface area contributed by atoms with Crippen molar-refractivity contribution in [3.05, 3.63) is 29.8 Å². The van der Waals surface area contributed by atoms with Crippen LogP contribution in [0, 0.1) is 0 Å². The molecule has 3 heteroatoms. The molecule has 2 N–H and O–H groups in total. The summed E-state index contributed by atoms with van der Waals surface area (Å²) in [5.74, 6) is 0.338. The van der Waals surface area contributed by atoms with Crippen LogP contribution in [0.25, 0.3) is 0 Å². The molecule has 1 fully saturated rings.